The summed E-state index contributed by atoms with van der Waals surface area (Å²) in [4.78, 5) is 18.7. The highest BCUT2D eigenvalue weighted by atomic mass is 35.5. The van der Waals surface area contributed by atoms with Crippen molar-refractivity contribution in [1.82, 2.24) is 9.29 Å². The molecule has 0 spiro atoms. The third kappa shape index (κ3) is 4.67. The van der Waals surface area contributed by atoms with Gasteiger partial charge < -0.3 is 4.90 Å². The van der Waals surface area contributed by atoms with Crippen LogP contribution in [-0.2, 0) is 16.6 Å². The minimum absolute atomic E-state index is 0.0649. The molecule has 32 heavy (non-hydrogen) atoms. The molecule has 0 saturated carbocycles. The van der Waals surface area contributed by atoms with Crippen molar-refractivity contribution in [1.29, 1.82) is 0 Å². The van der Waals surface area contributed by atoms with Gasteiger partial charge in [0.25, 0.3) is 5.91 Å². The minimum Gasteiger partial charge on any atom is -0.302 e. The van der Waals surface area contributed by atoms with Crippen LogP contribution >= 0.6 is 11.6 Å². The molecule has 6 nitrogen and oxygen atoms in total. The third-order valence-corrected chi connectivity index (χ3v) is 7.46. The van der Waals surface area contributed by atoms with E-state index in [1.807, 2.05) is 6.07 Å². The lowest BCUT2D eigenvalue weighted by Gasteiger charge is -2.23. The van der Waals surface area contributed by atoms with E-state index in [0.29, 0.717) is 29.5 Å². The molecule has 1 amide bonds. The van der Waals surface area contributed by atoms with Crippen LogP contribution in [0.1, 0.15) is 28.9 Å². The number of nitrogens with zero attached hydrogens (tertiary/aromatic N) is 3. The van der Waals surface area contributed by atoms with Crippen molar-refractivity contribution >= 4 is 33.2 Å². The number of benzene rings is 2. The highest BCUT2D eigenvalue weighted by Crippen LogP contribution is 2.27. The average molecular weight is 474 g/mol. The molecular formula is C23H21ClFN3O3S. The fourth-order valence-corrected chi connectivity index (χ4v) is 5.35. The van der Waals surface area contributed by atoms with Crippen LogP contribution in [-0.4, -0.2) is 36.7 Å². The molecule has 1 aromatic heterocycles. The molecule has 2 aromatic carbocycles. The molecule has 166 valence electrons. The topological polar surface area (TPSA) is 70.6 Å². The minimum atomic E-state index is -4.02. The summed E-state index contributed by atoms with van der Waals surface area (Å²) in [5.74, 6) is -1.35. The second-order valence-corrected chi connectivity index (χ2v) is 9.79. The van der Waals surface area contributed by atoms with Crippen LogP contribution in [0.3, 0.4) is 0 Å². The van der Waals surface area contributed by atoms with E-state index in [2.05, 4.69) is 4.98 Å². The predicted molar refractivity (Wildman–Crippen MR) is 121 cm³/mol. The Morgan fingerprint density at radius 2 is 1.78 bits per heavy atom. The van der Waals surface area contributed by atoms with Crippen LogP contribution in [0.15, 0.2) is 71.8 Å². The maximum atomic E-state index is 14.5. The summed E-state index contributed by atoms with van der Waals surface area (Å²) in [5, 5.41) is 0.514. The lowest BCUT2D eigenvalue weighted by Crippen LogP contribution is -2.32. The Morgan fingerprint density at radius 3 is 2.44 bits per heavy atom. The maximum absolute atomic E-state index is 14.5. The smallest absolute Gasteiger partial charge is 0.258 e. The number of amides is 1. The number of hydrogen-bond acceptors (Lipinski definition) is 4. The van der Waals surface area contributed by atoms with E-state index in [4.69, 9.17) is 11.6 Å². The fraction of sp³-hybridized carbons (Fsp3) is 0.217. The molecule has 9 heteroatoms. The van der Waals surface area contributed by atoms with Gasteiger partial charge in [0.05, 0.1) is 12.2 Å². The van der Waals surface area contributed by atoms with Crippen molar-refractivity contribution in [3.63, 3.8) is 0 Å². The quantitative estimate of drug-likeness (QED) is 0.528. The van der Waals surface area contributed by atoms with Gasteiger partial charge in [-0.05, 0) is 67.4 Å². The number of carbonyl (C=O) groups is 1. The first-order valence-corrected chi connectivity index (χ1v) is 11.9. The van der Waals surface area contributed by atoms with Crippen molar-refractivity contribution < 1.29 is 17.6 Å². The normalized spacial score (nSPS) is 14.4. The largest absolute Gasteiger partial charge is 0.302 e. The number of halogens is 2. The van der Waals surface area contributed by atoms with Gasteiger partial charge in [-0.1, -0.05) is 17.7 Å². The monoisotopic (exact) mass is 473 g/mol. The molecule has 1 fully saturated rings. The molecule has 0 radical (unpaired) electrons. The number of anilines is 1. The lowest BCUT2D eigenvalue weighted by atomic mass is 10.1. The molecule has 0 atom stereocenters. The van der Waals surface area contributed by atoms with Crippen molar-refractivity contribution in [3.8, 4) is 0 Å². The van der Waals surface area contributed by atoms with E-state index in [0.717, 1.165) is 25.0 Å². The first-order valence-electron chi connectivity index (χ1n) is 10.1. The summed E-state index contributed by atoms with van der Waals surface area (Å²) in [5.41, 5.74) is 1.26. The molecule has 4 rings (SSSR count). The second-order valence-electron chi connectivity index (χ2n) is 7.45. The van der Waals surface area contributed by atoms with E-state index in [9.17, 15) is 17.6 Å². The second kappa shape index (κ2) is 9.36. The van der Waals surface area contributed by atoms with Gasteiger partial charge in [-0.2, -0.15) is 4.31 Å². The van der Waals surface area contributed by atoms with Crippen LogP contribution in [0.25, 0.3) is 0 Å². The lowest BCUT2D eigenvalue weighted by molar-refractivity contribution is 0.0984. The van der Waals surface area contributed by atoms with Gasteiger partial charge in [0, 0.05) is 35.6 Å². The molecule has 2 heterocycles. The molecule has 3 aromatic rings. The zero-order chi connectivity index (χ0) is 22.7. The van der Waals surface area contributed by atoms with Gasteiger partial charge in [-0.25, -0.2) is 12.8 Å². The molecule has 0 unspecified atom stereocenters. The van der Waals surface area contributed by atoms with Crippen molar-refractivity contribution in [3.05, 3.63) is 89.0 Å². The average Bonchev–Trinajstić information content (AvgIpc) is 3.35. The SMILES string of the molecule is O=C(c1ccc(F)c(S(=O)(=O)N2CCCC2)c1)N(Cc1ccccn1)c1ccc(Cl)cc1. The Morgan fingerprint density at radius 1 is 1.06 bits per heavy atom. The zero-order valence-corrected chi connectivity index (χ0v) is 18.7. The van der Waals surface area contributed by atoms with Crippen molar-refractivity contribution in [2.45, 2.75) is 24.3 Å². The number of hydrogen-bond donors (Lipinski definition) is 0. The van der Waals surface area contributed by atoms with Gasteiger partial charge in [-0.3, -0.25) is 9.78 Å². The highest BCUT2D eigenvalue weighted by Gasteiger charge is 2.31. The molecule has 1 aliphatic rings. The molecular weight excluding hydrogens is 453 g/mol. The summed E-state index contributed by atoms with van der Waals surface area (Å²) < 4.78 is 41.7. The first-order chi connectivity index (χ1) is 15.4. The van der Waals surface area contributed by atoms with Gasteiger partial charge in [0.15, 0.2) is 0 Å². The van der Waals surface area contributed by atoms with Crippen LogP contribution in [0.2, 0.25) is 5.02 Å². The van der Waals surface area contributed by atoms with E-state index in [1.54, 1.807) is 42.6 Å². The molecule has 0 N–H and O–H groups in total. The van der Waals surface area contributed by atoms with Gasteiger partial charge in [-0.15, -0.1) is 0 Å². The Hall–Kier alpha value is -2.81. The van der Waals surface area contributed by atoms with Crippen LogP contribution in [0, 0.1) is 5.82 Å². The number of sulfonamides is 1. The van der Waals surface area contributed by atoms with Crippen molar-refractivity contribution in [2.75, 3.05) is 18.0 Å². The Bertz CT molecular complexity index is 1210. The Labute approximate surface area is 191 Å². The van der Waals surface area contributed by atoms with Gasteiger partial charge in [0.2, 0.25) is 10.0 Å². The van der Waals surface area contributed by atoms with E-state index in [1.165, 1.54) is 15.3 Å². The van der Waals surface area contributed by atoms with E-state index in [-0.39, 0.29) is 12.1 Å². The first kappa shape index (κ1) is 22.4. The number of pyridine rings is 1. The molecule has 1 aliphatic heterocycles. The highest BCUT2D eigenvalue weighted by molar-refractivity contribution is 7.89. The molecule has 0 bridgehead atoms. The van der Waals surface area contributed by atoms with Gasteiger partial charge >= 0.3 is 0 Å². The third-order valence-electron chi connectivity index (χ3n) is 5.29. The zero-order valence-electron chi connectivity index (χ0n) is 17.1. The summed E-state index contributed by atoms with van der Waals surface area (Å²) in [6.45, 7) is 0.833. The Balaban J connectivity index is 1.72. The van der Waals surface area contributed by atoms with Crippen molar-refractivity contribution in [2.24, 2.45) is 0 Å². The standard InChI is InChI=1S/C23H21ClFN3O3S/c24-18-7-9-20(10-8-18)28(16-19-5-1-2-12-26-19)23(29)17-6-11-21(25)22(15-17)32(30,31)27-13-3-4-14-27/h1-2,5-12,15H,3-4,13-14,16H2. The Kier molecular flexibility index (Phi) is 6.55. The number of carbonyl (C=O) groups excluding carboxylic acids is 1. The fourth-order valence-electron chi connectivity index (χ4n) is 3.61. The number of aromatic nitrogens is 1. The van der Waals surface area contributed by atoms with Crippen LogP contribution < -0.4 is 4.90 Å². The number of rotatable bonds is 6. The van der Waals surface area contributed by atoms with Crippen LogP contribution in [0.4, 0.5) is 10.1 Å². The summed E-state index contributed by atoms with van der Waals surface area (Å²) in [7, 11) is -4.02. The van der Waals surface area contributed by atoms with Crippen LogP contribution in [0.5, 0.6) is 0 Å². The maximum Gasteiger partial charge on any atom is 0.258 e. The summed E-state index contributed by atoms with van der Waals surface area (Å²) >= 11 is 5.99. The molecule has 1 saturated heterocycles. The van der Waals surface area contributed by atoms with Gasteiger partial charge in [0.1, 0.15) is 10.7 Å². The summed E-state index contributed by atoms with van der Waals surface area (Å²) in [6.07, 6.45) is 3.08. The van der Waals surface area contributed by atoms with E-state index < -0.39 is 26.6 Å². The summed E-state index contributed by atoms with van der Waals surface area (Å²) in [6, 6.07) is 15.5. The predicted octanol–water partition coefficient (Wildman–Crippen LogP) is 4.51. The van der Waals surface area contributed by atoms with E-state index >= 15 is 0 Å². The molecule has 0 aliphatic carbocycles.